The maximum atomic E-state index is 12.9. The van der Waals surface area contributed by atoms with E-state index < -0.39 is 11.6 Å². The molecule has 17 heavy (non-hydrogen) atoms. The van der Waals surface area contributed by atoms with Gasteiger partial charge in [-0.05, 0) is 50.0 Å². The fourth-order valence-corrected chi connectivity index (χ4v) is 1.57. The molecule has 1 rings (SSSR count). The van der Waals surface area contributed by atoms with E-state index in [9.17, 15) is 8.78 Å². The molecule has 0 fully saturated rings. The van der Waals surface area contributed by atoms with Crippen LogP contribution in [0.15, 0.2) is 18.2 Å². The molecule has 0 saturated carbocycles. The fourth-order valence-electron chi connectivity index (χ4n) is 1.57. The average molecular weight is 238 g/mol. The average Bonchev–Trinajstić information content (AvgIpc) is 2.26. The molecule has 1 aromatic carbocycles. The van der Waals surface area contributed by atoms with E-state index in [2.05, 4.69) is 11.4 Å². The highest BCUT2D eigenvalue weighted by molar-refractivity contribution is 5.18. The van der Waals surface area contributed by atoms with Gasteiger partial charge in [-0.2, -0.15) is 5.26 Å². The van der Waals surface area contributed by atoms with Crippen LogP contribution in [0.5, 0.6) is 0 Å². The highest BCUT2D eigenvalue weighted by Gasteiger charge is 2.00. The van der Waals surface area contributed by atoms with Crippen LogP contribution in [0.3, 0.4) is 0 Å². The zero-order chi connectivity index (χ0) is 12.5. The van der Waals surface area contributed by atoms with Crippen LogP contribution < -0.4 is 5.32 Å². The van der Waals surface area contributed by atoms with Crippen LogP contribution >= 0.6 is 0 Å². The Morgan fingerprint density at radius 2 is 1.76 bits per heavy atom. The van der Waals surface area contributed by atoms with Crippen molar-refractivity contribution in [2.75, 3.05) is 13.1 Å². The van der Waals surface area contributed by atoms with Crippen molar-refractivity contribution < 1.29 is 8.78 Å². The van der Waals surface area contributed by atoms with Gasteiger partial charge in [0.25, 0.3) is 0 Å². The largest absolute Gasteiger partial charge is 0.316 e. The SMILES string of the molecule is N#CCCCCNCCc1cc(F)cc(F)c1. The highest BCUT2D eigenvalue weighted by atomic mass is 19.1. The summed E-state index contributed by atoms with van der Waals surface area (Å²) in [5.74, 6) is -1.07. The maximum Gasteiger partial charge on any atom is 0.126 e. The van der Waals surface area contributed by atoms with Crippen LogP contribution in [0, 0.1) is 23.0 Å². The third kappa shape index (κ3) is 5.98. The van der Waals surface area contributed by atoms with Crippen LogP contribution in [0.2, 0.25) is 0 Å². The van der Waals surface area contributed by atoms with Crippen molar-refractivity contribution in [3.63, 3.8) is 0 Å². The molecule has 0 radical (unpaired) electrons. The van der Waals surface area contributed by atoms with Gasteiger partial charge in [0.15, 0.2) is 0 Å². The standard InChI is InChI=1S/C13H16F2N2/c14-12-8-11(9-13(15)10-12)4-7-17-6-3-1-2-5-16/h8-10,17H,1-4,6-7H2. The number of rotatable bonds is 7. The monoisotopic (exact) mass is 238 g/mol. The van der Waals surface area contributed by atoms with Crippen LogP contribution in [0.4, 0.5) is 8.78 Å². The molecule has 1 N–H and O–H groups in total. The van der Waals surface area contributed by atoms with Crippen molar-refractivity contribution in [3.05, 3.63) is 35.4 Å². The van der Waals surface area contributed by atoms with Crippen molar-refractivity contribution in [1.29, 1.82) is 5.26 Å². The Morgan fingerprint density at radius 3 is 2.41 bits per heavy atom. The molecular weight excluding hydrogens is 222 g/mol. The smallest absolute Gasteiger partial charge is 0.126 e. The number of nitrogens with one attached hydrogen (secondary N) is 1. The third-order valence-corrected chi connectivity index (χ3v) is 2.40. The molecule has 0 aliphatic rings. The van der Waals surface area contributed by atoms with E-state index in [-0.39, 0.29) is 0 Å². The highest BCUT2D eigenvalue weighted by Crippen LogP contribution is 2.08. The minimum atomic E-state index is -0.533. The van der Waals surface area contributed by atoms with Gasteiger partial charge in [0.05, 0.1) is 6.07 Å². The number of hydrogen-bond acceptors (Lipinski definition) is 2. The molecule has 92 valence electrons. The third-order valence-electron chi connectivity index (χ3n) is 2.40. The van der Waals surface area contributed by atoms with Crippen molar-refractivity contribution in [2.24, 2.45) is 0 Å². The summed E-state index contributed by atoms with van der Waals surface area (Å²) in [6.07, 6.45) is 3.02. The lowest BCUT2D eigenvalue weighted by Crippen LogP contribution is -2.18. The van der Waals surface area contributed by atoms with Crippen LogP contribution in [-0.4, -0.2) is 13.1 Å². The lowest BCUT2D eigenvalue weighted by Gasteiger charge is -2.04. The first-order chi connectivity index (χ1) is 8.22. The first-order valence-corrected chi connectivity index (χ1v) is 5.75. The number of unbranched alkanes of at least 4 members (excludes halogenated alkanes) is 2. The van der Waals surface area contributed by atoms with Crippen molar-refractivity contribution in [3.8, 4) is 6.07 Å². The van der Waals surface area contributed by atoms with Crippen molar-refractivity contribution in [1.82, 2.24) is 5.32 Å². The molecule has 0 aromatic heterocycles. The molecule has 0 aliphatic carbocycles. The number of nitrogens with zero attached hydrogens (tertiary/aromatic N) is 1. The van der Waals surface area contributed by atoms with Gasteiger partial charge in [0.2, 0.25) is 0 Å². The Balaban J connectivity index is 2.16. The Kier molecular flexibility index (Phi) is 6.19. The minimum Gasteiger partial charge on any atom is -0.316 e. The molecule has 0 unspecified atom stereocenters. The second kappa shape index (κ2) is 7.75. The Bertz CT molecular complexity index is 365. The van der Waals surface area contributed by atoms with Crippen LogP contribution in [0.1, 0.15) is 24.8 Å². The van der Waals surface area contributed by atoms with Gasteiger partial charge in [-0.15, -0.1) is 0 Å². The molecular formula is C13H16F2N2. The van der Waals surface area contributed by atoms with Gasteiger partial charge in [-0.1, -0.05) is 0 Å². The topological polar surface area (TPSA) is 35.8 Å². The lowest BCUT2D eigenvalue weighted by molar-refractivity contribution is 0.576. The second-order valence-corrected chi connectivity index (χ2v) is 3.89. The second-order valence-electron chi connectivity index (χ2n) is 3.89. The van der Waals surface area contributed by atoms with E-state index in [4.69, 9.17) is 5.26 Å². The molecule has 1 aromatic rings. The Labute approximate surface area is 100 Å². The van der Waals surface area contributed by atoms with Gasteiger partial charge in [-0.25, -0.2) is 8.78 Å². The summed E-state index contributed by atoms with van der Waals surface area (Å²) >= 11 is 0. The first-order valence-electron chi connectivity index (χ1n) is 5.75. The molecule has 4 heteroatoms. The predicted octanol–water partition coefficient (Wildman–Crippen LogP) is 2.79. The zero-order valence-corrected chi connectivity index (χ0v) is 9.68. The van der Waals surface area contributed by atoms with Gasteiger partial charge < -0.3 is 5.32 Å². The summed E-state index contributed by atoms with van der Waals surface area (Å²) in [7, 11) is 0. The number of benzene rings is 1. The summed E-state index contributed by atoms with van der Waals surface area (Å²) in [5.41, 5.74) is 0.659. The van der Waals surface area contributed by atoms with Gasteiger partial charge in [0, 0.05) is 12.5 Å². The summed E-state index contributed by atoms with van der Waals surface area (Å²) in [6, 6.07) is 5.65. The molecule has 0 amide bonds. The Hall–Kier alpha value is -1.47. The van der Waals surface area contributed by atoms with Crippen molar-refractivity contribution in [2.45, 2.75) is 25.7 Å². The van der Waals surface area contributed by atoms with E-state index in [1.807, 2.05) is 0 Å². The van der Waals surface area contributed by atoms with E-state index >= 15 is 0 Å². The predicted molar refractivity (Wildman–Crippen MR) is 62.4 cm³/mol. The molecule has 0 atom stereocenters. The molecule has 0 heterocycles. The molecule has 2 nitrogen and oxygen atoms in total. The molecule has 0 saturated heterocycles. The van der Waals surface area contributed by atoms with Gasteiger partial charge in [0.1, 0.15) is 11.6 Å². The summed E-state index contributed by atoms with van der Waals surface area (Å²) in [4.78, 5) is 0. The molecule has 0 bridgehead atoms. The van der Waals surface area contributed by atoms with Gasteiger partial charge in [-0.3, -0.25) is 0 Å². The molecule has 0 spiro atoms. The summed E-state index contributed by atoms with van der Waals surface area (Å²) < 4.78 is 25.7. The zero-order valence-electron chi connectivity index (χ0n) is 9.68. The number of hydrogen-bond donors (Lipinski definition) is 1. The van der Waals surface area contributed by atoms with E-state index in [1.54, 1.807) is 0 Å². The Morgan fingerprint density at radius 1 is 1.06 bits per heavy atom. The van der Waals surface area contributed by atoms with E-state index in [0.29, 0.717) is 24.9 Å². The van der Waals surface area contributed by atoms with E-state index in [0.717, 1.165) is 25.5 Å². The number of nitriles is 1. The fraction of sp³-hybridized carbons (Fsp3) is 0.462. The lowest BCUT2D eigenvalue weighted by atomic mass is 10.1. The van der Waals surface area contributed by atoms with Gasteiger partial charge >= 0.3 is 0 Å². The maximum absolute atomic E-state index is 12.9. The van der Waals surface area contributed by atoms with E-state index in [1.165, 1.54) is 12.1 Å². The first kappa shape index (κ1) is 13.6. The van der Waals surface area contributed by atoms with Crippen LogP contribution in [0.25, 0.3) is 0 Å². The van der Waals surface area contributed by atoms with Crippen molar-refractivity contribution >= 4 is 0 Å². The summed E-state index contributed by atoms with van der Waals surface area (Å²) in [6.45, 7) is 1.52. The number of halogens is 2. The minimum absolute atomic E-state index is 0.533. The normalized spacial score (nSPS) is 10.2. The molecule has 0 aliphatic heterocycles. The summed E-state index contributed by atoms with van der Waals surface area (Å²) in [5, 5.41) is 11.5. The van der Waals surface area contributed by atoms with Crippen LogP contribution in [-0.2, 0) is 6.42 Å². The quantitative estimate of drug-likeness (QED) is 0.741.